The molecule has 0 heterocycles. The molecule has 0 aliphatic heterocycles. The Bertz CT molecular complexity index is 304. The molecule has 1 atom stereocenters. The highest BCUT2D eigenvalue weighted by molar-refractivity contribution is 8.68. The zero-order valence-corrected chi connectivity index (χ0v) is 14.1. The minimum Gasteiger partial charge on any atom is -0.324 e. The van der Waals surface area contributed by atoms with E-state index in [2.05, 4.69) is 17.0 Å². The quantitative estimate of drug-likeness (QED) is 0.411. The van der Waals surface area contributed by atoms with Crippen LogP contribution in [0.2, 0.25) is 0 Å². The first kappa shape index (κ1) is 16.5. The highest BCUT2D eigenvalue weighted by Crippen LogP contribution is 2.56. The van der Waals surface area contributed by atoms with E-state index in [0.29, 0.717) is 6.04 Å². The fourth-order valence-electron chi connectivity index (χ4n) is 1.85. The van der Waals surface area contributed by atoms with E-state index in [1.165, 1.54) is 25.7 Å². The molecular formula is C12H25N2OPS2. The van der Waals surface area contributed by atoms with Crippen LogP contribution >= 0.6 is 17.0 Å². The molecule has 18 heavy (non-hydrogen) atoms. The van der Waals surface area contributed by atoms with Gasteiger partial charge in [0.2, 0.25) is 5.62 Å². The average Bonchev–Trinajstić information content (AvgIpc) is 2.78. The van der Waals surface area contributed by atoms with E-state index < -0.39 is 5.62 Å². The molecule has 0 bridgehead atoms. The van der Waals surface area contributed by atoms with Gasteiger partial charge in [0.25, 0.3) is 0 Å². The molecule has 1 aliphatic rings. The highest BCUT2D eigenvalue weighted by Gasteiger charge is 2.19. The smallest absolute Gasteiger partial charge is 0.211 e. The van der Waals surface area contributed by atoms with Crippen LogP contribution in [0.1, 0.15) is 52.9 Å². The average molecular weight is 308 g/mol. The molecule has 1 aliphatic carbocycles. The van der Waals surface area contributed by atoms with Gasteiger partial charge in [-0.25, -0.2) is 0 Å². The third-order valence-electron chi connectivity index (χ3n) is 2.64. The topological polar surface area (TPSA) is 33.6 Å². The maximum absolute atomic E-state index is 5.89. The summed E-state index contributed by atoms with van der Waals surface area (Å²) in [6.07, 6.45) is 8.13. The van der Waals surface area contributed by atoms with Gasteiger partial charge in [-0.3, -0.25) is 4.99 Å². The minimum absolute atomic E-state index is 0.160. The van der Waals surface area contributed by atoms with Crippen molar-refractivity contribution in [1.29, 1.82) is 0 Å². The van der Waals surface area contributed by atoms with E-state index in [4.69, 9.17) is 16.3 Å². The highest BCUT2D eigenvalue weighted by atomic mass is 32.9. The van der Waals surface area contributed by atoms with Crippen LogP contribution in [0.15, 0.2) is 4.99 Å². The molecule has 106 valence electrons. The Morgan fingerprint density at radius 2 is 2.17 bits per heavy atom. The number of nitrogens with zero attached hydrogens (tertiary/aromatic N) is 1. The number of hydrogen-bond donors (Lipinski definition) is 1. The number of rotatable bonds is 8. The van der Waals surface area contributed by atoms with Crippen molar-refractivity contribution >= 4 is 35.1 Å². The van der Waals surface area contributed by atoms with E-state index in [1.54, 1.807) is 11.4 Å². The number of aliphatic imine (C=N–C) groups is 1. The van der Waals surface area contributed by atoms with Gasteiger partial charge in [-0.1, -0.05) is 31.1 Å². The predicted molar refractivity (Wildman–Crippen MR) is 87.1 cm³/mol. The molecule has 0 spiro atoms. The first-order valence-electron chi connectivity index (χ1n) is 6.78. The van der Waals surface area contributed by atoms with E-state index in [0.717, 1.165) is 12.2 Å². The largest absolute Gasteiger partial charge is 0.324 e. The second-order valence-electron chi connectivity index (χ2n) is 4.83. The minimum atomic E-state index is -2.00. The molecule has 3 nitrogen and oxygen atoms in total. The van der Waals surface area contributed by atoms with E-state index in [-0.39, 0.29) is 6.10 Å². The summed E-state index contributed by atoms with van der Waals surface area (Å²) in [7, 11) is 0. The fraction of sp³-hybridized carbons (Fsp3) is 0.917. The van der Waals surface area contributed by atoms with Crippen molar-refractivity contribution in [3.8, 4) is 0 Å². The third kappa shape index (κ3) is 6.55. The van der Waals surface area contributed by atoms with Crippen LogP contribution in [0.3, 0.4) is 0 Å². The van der Waals surface area contributed by atoms with Crippen molar-refractivity contribution < 1.29 is 4.52 Å². The summed E-state index contributed by atoms with van der Waals surface area (Å²) in [5, 5.41) is 3.26. The van der Waals surface area contributed by atoms with Gasteiger partial charge in [0.15, 0.2) is 0 Å². The maximum Gasteiger partial charge on any atom is 0.211 e. The Morgan fingerprint density at radius 1 is 1.50 bits per heavy atom. The lowest BCUT2D eigenvalue weighted by molar-refractivity contribution is 0.274. The van der Waals surface area contributed by atoms with Crippen LogP contribution in [0.5, 0.6) is 0 Å². The van der Waals surface area contributed by atoms with Crippen LogP contribution < -0.4 is 5.09 Å². The fourth-order valence-corrected chi connectivity index (χ4v) is 6.89. The van der Waals surface area contributed by atoms with Gasteiger partial charge in [-0.15, -0.1) is 0 Å². The monoisotopic (exact) mass is 308 g/mol. The second kappa shape index (κ2) is 8.57. The standard InChI is InChI=1S/C12H25N2OPS2/c1-4-9-18-16(17,15-11(2)3)14-10-13-12-7-5-6-8-12/h10-12H,4-9H2,1-3H3,(H,13,14,17). The van der Waals surface area contributed by atoms with Gasteiger partial charge in [0.1, 0.15) is 0 Å². The molecular weight excluding hydrogens is 283 g/mol. The predicted octanol–water partition coefficient (Wildman–Crippen LogP) is 4.34. The summed E-state index contributed by atoms with van der Waals surface area (Å²) < 4.78 is 5.89. The summed E-state index contributed by atoms with van der Waals surface area (Å²) in [5.41, 5.74) is -2.00. The molecule has 1 N–H and O–H groups in total. The van der Waals surface area contributed by atoms with Gasteiger partial charge < -0.3 is 9.61 Å². The van der Waals surface area contributed by atoms with E-state index in [9.17, 15) is 0 Å². The van der Waals surface area contributed by atoms with E-state index >= 15 is 0 Å². The van der Waals surface area contributed by atoms with Crippen LogP contribution in [-0.2, 0) is 16.3 Å². The van der Waals surface area contributed by atoms with Crippen molar-refractivity contribution in [3.63, 3.8) is 0 Å². The molecule has 1 saturated carbocycles. The molecule has 0 aromatic heterocycles. The van der Waals surface area contributed by atoms with Crippen molar-refractivity contribution in [2.75, 3.05) is 5.75 Å². The van der Waals surface area contributed by atoms with Crippen LogP contribution in [0.4, 0.5) is 0 Å². The van der Waals surface area contributed by atoms with Crippen LogP contribution in [0, 0.1) is 0 Å². The van der Waals surface area contributed by atoms with Gasteiger partial charge in [-0.2, -0.15) is 0 Å². The first-order valence-corrected chi connectivity index (χ1v) is 11.1. The molecule has 0 aromatic rings. The van der Waals surface area contributed by atoms with Crippen LogP contribution in [0.25, 0.3) is 0 Å². The second-order valence-corrected chi connectivity index (χ2v) is 11.5. The first-order chi connectivity index (χ1) is 8.56. The van der Waals surface area contributed by atoms with Crippen molar-refractivity contribution in [2.24, 2.45) is 4.99 Å². The van der Waals surface area contributed by atoms with Crippen LogP contribution in [-0.4, -0.2) is 24.2 Å². The molecule has 6 heteroatoms. The van der Waals surface area contributed by atoms with Crippen molar-refractivity contribution in [2.45, 2.75) is 65.0 Å². The zero-order valence-electron chi connectivity index (χ0n) is 11.6. The van der Waals surface area contributed by atoms with Gasteiger partial charge in [0.05, 0.1) is 18.5 Å². The lowest BCUT2D eigenvalue weighted by Gasteiger charge is -2.23. The summed E-state index contributed by atoms with van der Waals surface area (Å²) >= 11 is 7.37. The molecule has 0 aromatic carbocycles. The summed E-state index contributed by atoms with van der Waals surface area (Å²) in [6.45, 7) is 6.22. The lowest BCUT2D eigenvalue weighted by atomic mass is 10.3. The Balaban J connectivity index is 2.46. The lowest BCUT2D eigenvalue weighted by Crippen LogP contribution is -2.13. The van der Waals surface area contributed by atoms with Gasteiger partial charge in [-0.05, 0) is 44.9 Å². The van der Waals surface area contributed by atoms with E-state index in [1.807, 2.05) is 20.2 Å². The molecule has 0 amide bonds. The number of nitrogens with one attached hydrogen (secondary N) is 1. The summed E-state index contributed by atoms with van der Waals surface area (Å²) in [5.74, 6) is 1.04. The van der Waals surface area contributed by atoms with Gasteiger partial charge >= 0.3 is 0 Å². The van der Waals surface area contributed by atoms with Crippen molar-refractivity contribution in [3.05, 3.63) is 0 Å². The molecule has 0 radical (unpaired) electrons. The Morgan fingerprint density at radius 3 is 2.72 bits per heavy atom. The van der Waals surface area contributed by atoms with Crippen molar-refractivity contribution in [1.82, 2.24) is 5.09 Å². The summed E-state index contributed by atoms with van der Waals surface area (Å²) in [4.78, 5) is 4.56. The third-order valence-corrected chi connectivity index (χ3v) is 8.37. The normalized spacial score (nSPS) is 20.7. The Hall–Kier alpha value is 0.430. The summed E-state index contributed by atoms with van der Waals surface area (Å²) in [6, 6.07) is 0.496. The Kier molecular flexibility index (Phi) is 7.85. The molecule has 1 rings (SSSR count). The number of hydrogen-bond acceptors (Lipinski definition) is 4. The Labute approximate surface area is 120 Å². The zero-order chi connectivity index (χ0) is 13.4. The SMILES string of the molecule is CCCSP(=S)(NC=NC1CCCC1)OC(C)C. The molecule has 0 saturated heterocycles. The molecule has 1 fully saturated rings. The van der Waals surface area contributed by atoms with Gasteiger partial charge in [0, 0.05) is 5.75 Å². The maximum atomic E-state index is 5.89. The molecule has 1 unspecified atom stereocenters.